The van der Waals surface area contributed by atoms with Crippen molar-refractivity contribution < 1.29 is 18.0 Å². The summed E-state index contributed by atoms with van der Waals surface area (Å²) < 4.78 is 41.0. The fourth-order valence-corrected chi connectivity index (χ4v) is 4.02. The van der Waals surface area contributed by atoms with Crippen LogP contribution in [0.4, 0.5) is 13.2 Å². The van der Waals surface area contributed by atoms with Crippen molar-refractivity contribution in [3.8, 4) is 0 Å². The number of nitrogens with zero attached hydrogens (tertiary/aromatic N) is 2. The van der Waals surface area contributed by atoms with Gasteiger partial charge in [0, 0.05) is 30.1 Å². The number of aromatic nitrogens is 2. The van der Waals surface area contributed by atoms with Crippen molar-refractivity contribution >= 4 is 29.1 Å². The van der Waals surface area contributed by atoms with Crippen LogP contribution in [0.3, 0.4) is 0 Å². The monoisotopic (exact) mass is 431 g/mol. The molecule has 150 valence electrons. The zero-order valence-electron chi connectivity index (χ0n) is 14.9. The molecule has 0 aliphatic heterocycles. The van der Waals surface area contributed by atoms with Gasteiger partial charge in [-0.1, -0.05) is 18.2 Å². The molecule has 1 aliphatic carbocycles. The maximum absolute atomic E-state index is 13.7. The van der Waals surface area contributed by atoms with Crippen LogP contribution >= 0.6 is 23.2 Å². The van der Waals surface area contributed by atoms with Gasteiger partial charge in [-0.25, -0.2) is 9.97 Å². The van der Waals surface area contributed by atoms with Gasteiger partial charge in [-0.15, -0.1) is 23.2 Å². The number of nitrogens with one attached hydrogen (secondary N) is 1. The molecule has 0 spiro atoms. The molecule has 0 bridgehead atoms. The average molecular weight is 432 g/mol. The van der Waals surface area contributed by atoms with Crippen LogP contribution in [-0.4, -0.2) is 34.0 Å². The van der Waals surface area contributed by atoms with Crippen molar-refractivity contribution in [3.05, 3.63) is 59.7 Å². The minimum atomic E-state index is -4.51. The Morgan fingerprint density at radius 3 is 2.29 bits per heavy atom. The molecule has 3 rings (SSSR count). The topological polar surface area (TPSA) is 54.9 Å². The first-order valence-corrected chi connectivity index (χ1v) is 9.44. The summed E-state index contributed by atoms with van der Waals surface area (Å²) in [6, 6.07) is 8.31. The number of benzene rings is 1. The van der Waals surface area contributed by atoms with Gasteiger partial charge in [-0.3, -0.25) is 4.79 Å². The molecular weight excluding hydrogens is 414 g/mol. The Kier molecular flexibility index (Phi) is 5.60. The second-order valence-corrected chi connectivity index (χ2v) is 8.06. The maximum Gasteiger partial charge on any atom is 0.395 e. The summed E-state index contributed by atoms with van der Waals surface area (Å²) in [4.78, 5) is 18.7. The fourth-order valence-electron chi connectivity index (χ4n) is 3.10. The van der Waals surface area contributed by atoms with E-state index in [1.807, 2.05) is 0 Å². The van der Waals surface area contributed by atoms with Crippen molar-refractivity contribution in [2.24, 2.45) is 5.41 Å². The summed E-state index contributed by atoms with van der Waals surface area (Å²) in [6.45, 7) is 1.34. The van der Waals surface area contributed by atoms with E-state index in [1.54, 1.807) is 37.3 Å². The van der Waals surface area contributed by atoms with E-state index < -0.39 is 27.7 Å². The van der Waals surface area contributed by atoms with Crippen LogP contribution in [0.15, 0.2) is 42.7 Å². The van der Waals surface area contributed by atoms with Crippen molar-refractivity contribution in [1.82, 2.24) is 15.3 Å². The second kappa shape index (κ2) is 7.52. The van der Waals surface area contributed by atoms with Gasteiger partial charge in [-0.05, 0) is 31.9 Å². The first-order chi connectivity index (χ1) is 13.1. The fraction of sp³-hybridized carbons (Fsp3) is 0.421. The average Bonchev–Trinajstić information content (AvgIpc) is 3.48. The molecule has 1 saturated carbocycles. The predicted molar refractivity (Wildman–Crippen MR) is 100 cm³/mol. The van der Waals surface area contributed by atoms with Crippen molar-refractivity contribution in [2.75, 3.05) is 6.54 Å². The molecule has 28 heavy (non-hydrogen) atoms. The zero-order valence-corrected chi connectivity index (χ0v) is 16.4. The minimum Gasteiger partial charge on any atom is -0.350 e. The van der Waals surface area contributed by atoms with Gasteiger partial charge >= 0.3 is 6.18 Å². The Morgan fingerprint density at radius 1 is 1.21 bits per heavy atom. The lowest BCUT2D eigenvalue weighted by atomic mass is 9.85. The number of rotatable bonds is 6. The number of hydrogen-bond donors (Lipinski definition) is 1. The SMILES string of the molecule is Cc1ncc(C(Cl)(CNC(=O)c2ccccc2)C(Cl)C2(C(F)(F)F)CC2)cn1. The van der Waals surface area contributed by atoms with Gasteiger partial charge in [0.15, 0.2) is 0 Å². The van der Waals surface area contributed by atoms with E-state index in [9.17, 15) is 18.0 Å². The highest BCUT2D eigenvalue weighted by Gasteiger charge is 2.70. The zero-order chi connectivity index (χ0) is 20.6. The number of halogens is 5. The summed E-state index contributed by atoms with van der Waals surface area (Å²) in [5, 5.41) is 1.10. The van der Waals surface area contributed by atoms with Crippen LogP contribution in [0.25, 0.3) is 0 Å². The molecule has 9 heteroatoms. The van der Waals surface area contributed by atoms with Crippen LogP contribution in [0.1, 0.15) is 34.6 Å². The van der Waals surface area contributed by atoms with Crippen molar-refractivity contribution in [1.29, 1.82) is 0 Å². The Morgan fingerprint density at radius 2 is 1.79 bits per heavy atom. The van der Waals surface area contributed by atoms with Crippen LogP contribution in [0.5, 0.6) is 0 Å². The summed E-state index contributed by atoms with van der Waals surface area (Å²) >= 11 is 13.1. The third-order valence-corrected chi connectivity index (χ3v) is 6.52. The number of carbonyl (C=O) groups excluding carboxylic acids is 1. The molecule has 1 aromatic carbocycles. The molecule has 1 amide bonds. The largest absolute Gasteiger partial charge is 0.395 e. The standard InChI is InChI=1S/C19H18Cl2F3N3O/c1-12-25-9-14(10-26-12)18(21,16(20)17(7-8-17)19(22,23)24)11-27-15(28)13-5-3-2-4-6-13/h2-6,9-10,16H,7-8,11H2,1H3,(H,27,28). The van der Waals surface area contributed by atoms with Crippen LogP contribution in [0, 0.1) is 12.3 Å². The molecule has 1 N–H and O–H groups in total. The van der Waals surface area contributed by atoms with E-state index in [2.05, 4.69) is 15.3 Å². The lowest BCUT2D eigenvalue weighted by molar-refractivity contribution is -0.189. The van der Waals surface area contributed by atoms with Gasteiger partial charge < -0.3 is 5.32 Å². The van der Waals surface area contributed by atoms with E-state index in [-0.39, 0.29) is 24.9 Å². The van der Waals surface area contributed by atoms with Gasteiger partial charge in [0.2, 0.25) is 0 Å². The highest BCUT2D eigenvalue weighted by Crippen LogP contribution is 2.65. The molecule has 1 fully saturated rings. The van der Waals surface area contributed by atoms with E-state index in [0.29, 0.717) is 11.4 Å². The smallest absolute Gasteiger partial charge is 0.350 e. The molecule has 1 aliphatic rings. The number of aryl methyl sites for hydroxylation is 1. The maximum atomic E-state index is 13.7. The first kappa shape index (κ1) is 20.9. The summed E-state index contributed by atoms with van der Waals surface area (Å²) in [7, 11) is 0. The molecule has 0 saturated heterocycles. The normalized spacial score (nSPS) is 18.8. The van der Waals surface area contributed by atoms with Crippen LogP contribution in [0.2, 0.25) is 0 Å². The van der Waals surface area contributed by atoms with Gasteiger partial charge in [0.05, 0.1) is 10.8 Å². The quantitative estimate of drug-likeness (QED) is 0.679. The predicted octanol–water partition coefficient (Wildman–Crippen LogP) is 4.60. The molecule has 1 aromatic heterocycles. The van der Waals surface area contributed by atoms with Crippen LogP contribution < -0.4 is 5.32 Å². The highest BCUT2D eigenvalue weighted by molar-refractivity contribution is 6.33. The third kappa shape index (κ3) is 3.82. The number of hydrogen-bond acceptors (Lipinski definition) is 3. The molecular formula is C19H18Cl2F3N3O. The molecule has 1 heterocycles. The van der Waals surface area contributed by atoms with Crippen LogP contribution in [-0.2, 0) is 4.87 Å². The molecule has 0 radical (unpaired) electrons. The van der Waals surface area contributed by atoms with Crippen molar-refractivity contribution in [2.45, 2.75) is 36.2 Å². The Labute approximate surface area is 170 Å². The highest BCUT2D eigenvalue weighted by atomic mass is 35.5. The minimum absolute atomic E-state index is 0.113. The van der Waals surface area contributed by atoms with E-state index >= 15 is 0 Å². The van der Waals surface area contributed by atoms with Gasteiger partial charge in [-0.2, -0.15) is 13.2 Å². The summed E-state index contributed by atoms with van der Waals surface area (Å²) in [5.41, 5.74) is -1.51. The Bertz CT molecular complexity index is 842. The molecule has 2 unspecified atom stereocenters. The number of alkyl halides is 5. The Hall–Kier alpha value is -1.86. The second-order valence-electron chi connectivity index (χ2n) is 6.95. The van der Waals surface area contributed by atoms with E-state index in [0.717, 1.165) is 0 Å². The summed E-state index contributed by atoms with van der Waals surface area (Å²) in [6.07, 6.45) is -2.02. The molecule has 4 nitrogen and oxygen atoms in total. The Balaban J connectivity index is 1.91. The van der Waals surface area contributed by atoms with Crippen molar-refractivity contribution in [3.63, 3.8) is 0 Å². The molecule has 2 aromatic rings. The summed E-state index contributed by atoms with van der Waals surface area (Å²) in [5.74, 6) is -0.0152. The number of carbonyl (C=O) groups is 1. The van der Waals surface area contributed by atoms with E-state index in [4.69, 9.17) is 23.2 Å². The molecule has 2 atom stereocenters. The van der Waals surface area contributed by atoms with Gasteiger partial charge in [0.1, 0.15) is 10.7 Å². The number of amides is 1. The lowest BCUT2D eigenvalue weighted by Gasteiger charge is -2.37. The lowest BCUT2D eigenvalue weighted by Crippen LogP contribution is -2.50. The third-order valence-electron chi connectivity index (χ3n) is 5.04. The van der Waals surface area contributed by atoms with Gasteiger partial charge in [0.25, 0.3) is 5.91 Å². The van der Waals surface area contributed by atoms with E-state index in [1.165, 1.54) is 12.4 Å². The first-order valence-electron chi connectivity index (χ1n) is 8.62.